The zero-order valence-corrected chi connectivity index (χ0v) is 12.3. The van der Waals surface area contributed by atoms with Crippen molar-refractivity contribution in [1.82, 2.24) is 0 Å². The van der Waals surface area contributed by atoms with E-state index in [0.29, 0.717) is 32.9 Å². The molecule has 0 aliphatic carbocycles. The van der Waals surface area contributed by atoms with Crippen molar-refractivity contribution in [3.8, 4) is 0 Å². The van der Waals surface area contributed by atoms with Crippen LogP contribution in [0.25, 0.3) is 32.7 Å². The van der Waals surface area contributed by atoms with Crippen molar-refractivity contribution >= 4 is 38.7 Å². The Hall–Kier alpha value is -3.14. The zero-order chi connectivity index (χ0) is 16.0. The molecular weight excluding hydrogens is 292 g/mol. The van der Waals surface area contributed by atoms with Gasteiger partial charge in [0.05, 0.1) is 23.4 Å². The lowest BCUT2D eigenvalue weighted by Crippen LogP contribution is -2.04. The maximum atomic E-state index is 12.7. The summed E-state index contributed by atoms with van der Waals surface area (Å²) in [4.78, 5) is 24.6. The molecular formula is C19H12O4. The number of ether oxygens (including phenoxy) is 1. The van der Waals surface area contributed by atoms with E-state index < -0.39 is 5.97 Å². The largest absolute Gasteiger partial charge is 0.465 e. The van der Waals surface area contributed by atoms with Gasteiger partial charge in [-0.05, 0) is 41.1 Å². The van der Waals surface area contributed by atoms with Gasteiger partial charge >= 0.3 is 5.97 Å². The molecule has 4 heteroatoms. The standard InChI is InChI=1S/C19H12O4/c1-22-19(21)12-7-4-5-11-9-15-17(10-14(11)12)23-16-8-3-2-6-13(16)18(15)20/h2-10H,1H3. The Labute approximate surface area is 130 Å². The highest BCUT2D eigenvalue weighted by Crippen LogP contribution is 2.26. The van der Waals surface area contributed by atoms with Gasteiger partial charge in [0, 0.05) is 0 Å². The number of hydrogen-bond acceptors (Lipinski definition) is 4. The Morgan fingerprint density at radius 1 is 0.913 bits per heavy atom. The molecule has 4 aromatic rings. The van der Waals surface area contributed by atoms with Crippen LogP contribution < -0.4 is 5.43 Å². The van der Waals surface area contributed by atoms with Crippen LogP contribution in [-0.4, -0.2) is 13.1 Å². The highest BCUT2D eigenvalue weighted by molar-refractivity contribution is 6.08. The van der Waals surface area contributed by atoms with Crippen LogP contribution in [0.15, 0.2) is 63.8 Å². The summed E-state index contributed by atoms with van der Waals surface area (Å²) in [6, 6.07) is 15.9. The second kappa shape index (κ2) is 4.95. The van der Waals surface area contributed by atoms with Gasteiger partial charge in [-0.2, -0.15) is 0 Å². The number of carbonyl (C=O) groups is 1. The summed E-state index contributed by atoms with van der Waals surface area (Å²) in [6.45, 7) is 0. The molecule has 0 radical (unpaired) electrons. The Kier molecular flexibility index (Phi) is 2.91. The van der Waals surface area contributed by atoms with Crippen LogP contribution in [0.4, 0.5) is 0 Å². The van der Waals surface area contributed by atoms with Crippen molar-refractivity contribution < 1.29 is 13.9 Å². The molecule has 0 unspecified atom stereocenters. The quantitative estimate of drug-likeness (QED) is 0.395. The van der Waals surface area contributed by atoms with E-state index in [1.165, 1.54) is 7.11 Å². The minimum atomic E-state index is -0.418. The second-order valence-corrected chi connectivity index (χ2v) is 5.29. The summed E-state index contributed by atoms with van der Waals surface area (Å²) >= 11 is 0. The summed E-state index contributed by atoms with van der Waals surface area (Å²) in [5.41, 5.74) is 1.35. The van der Waals surface area contributed by atoms with E-state index in [9.17, 15) is 9.59 Å². The molecule has 112 valence electrons. The van der Waals surface area contributed by atoms with Crippen molar-refractivity contribution in [3.05, 3.63) is 70.4 Å². The number of rotatable bonds is 1. The molecule has 0 aliphatic rings. The Bertz CT molecular complexity index is 1140. The maximum absolute atomic E-state index is 12.7. The van der Waals surface area contributed by atoms with Gasteiger partial charge in [-0.15, -0.1) is 0 Å². The topological polar surface area (TPSA) is 56.5 Å². The van der Waals surface area contributed by atoms with Gasteiger partial charge in [0.25, 0.3) is 0 Å². The fourth-order valence-corrected chi connectivity index (χ4v) is 2.86. The minimum Gasteiger partial charge on any atom is -0.465 e. The Morgan fingerprint density at radius 2 is 1.74 bits per heavy atom. The molecule has 0 saturated carbocycles. The number of benzene rings is 3. The summed E-state index contributed by atoms with van der Waals surface area (Å²) in [5.74, 6) is -0.418. The van der Waals surface area contributed by atoms with Crippen LogP contribution in [-0.2, 0) is 4.74 Å². The van der Waals surface area contributed by atoms with E-state index in [2.05, 4.69) is 0 Å². The van der Waals surface area contributed by atoms with Gasteiger partial charge in [0.2, 0.25) is 5.43 Å². The molecule has 0 amide bonds. The van der Waals surface area contributed by atoms with E-state index in [1.54, 1.807) is 36.4 Å². The van der Waals surface area contributed by atoms with Crippen molar-refractivity contribution in [2.24, 2.45) is 0 Å². The highest BCUT2D eigenvalue weighted by Gasteiger charge is 2.13. The molecule has 4 nitrogen and oxygen atoms in total. The van der Waals surface area contributed by atoms with Gasteiger partial charge in [-0.3, -0.25) is 4.79 Å². The monoisotopic (exact) mass is 304 g/mol. The Morgan fingerprint density at radius 3 is 2.57 bits per heavy atom. The first-order valence-corrected chi connectivity index (χ1v) is 7.15. The molecule has 0 saturated heterocycles. The van der Waals surface area contributed by atoms with Gasteiger partial charge in [0.15, 0.2) is 0 Å². The van der Waals surface area contributed by atoms with Crippen LogP contribution in [0.3, 0.4) is 0 Å². The summed E-state index contributed by atoms with van der Waals surface area (Å²) < 4.78 is 10.7. The molecule has 3 aromatic carbocycles. The average molecular weight is 304 g/mol. The fraction of sp³-hybridized carbons (Fsp3) is 0.0526. The predicted molar refractivity (Wildman–Crippen MR) is 88.8 cm³/mol. The lowest BCUT2D eigenvalue weighted by atomic mass is 10.0. The van der Waals surface area contributed by atoms with Crippen LogP contribution in [0.1, 0.15) is 10.4 Å². The number of esters is 1. The van der Waals surface area contributed by atoms with Crippen molar-refractivity contribution in [3.63, 3.8) is 0 Å². The minimum absolute atomic E-state index is 0.0766. The Balaban J connectivity index is 2.17. The molecule has 0 spiro atoms. The molecule has 0 N–H and O–H groups in total. The van der Waals surface area contributed by atoms with E-state index in [1.807, 2.05) is 18.2 Å². The predicted octanol–water partition coefficient (Wildman–Crippen LogP) is 3.89. The molecule has 0 aliphatic heterocycles. The van der Waals surface area contributed by atoms with E-state index in [0.717, 1.165) is 5.39 Å². The summed E-state index contributed by atoms with van der Waals surface area (Å²) in [7, 11) is 1.34. The van der Waals surface area contributed by atoms with E-state index in [-0.39, 0.29) is 5.43 Å². The smallest absolute Gasteiger partial charge is 0.338 e. The number of hydrogen-bond donors (Lipinski definition) is 0. The summed E-state index contributed by atoms with van der Waals surface area (Å²) in [6.07, 6.45) is 0. The van der Waals surface area contributed by atoms with Gasteiger partial charge < -0.3 is 9.15 Å². The van der Waals surface area contributed by atoms with E-state index >= 15 is 0 Å². The van der Waals surface area contributed by atoms with Crippen LogP contribution in [0.2, 0.25) is 0 Å². The first-order valence-electron chi connectivity index (χ1n) is 7.15. The lowest BCUT2D eigenvalue weighted by molar-refractivity contribution is 0.0603. The first kappa shape index (κ1) is 13.5. The average Bonchev–Trinajstić information content (AvgIpc) is 2.59. The van der Waals surface area contributed by atoms with E-state index in [4.69, 9.17) is 9.15 Å². The molecule has 0 atom stereocenters. The number of methoxy groups -OCH3 is 1. The molecule has 4 rings (SSSR count). The van der Waals surface area contributed by atoms with Crippen molar-refractivity contribution in [2.75, 3.05) is 7.11 Å². The summed E-state index contributed by atoms with van der Waals surface area (Å²) in [5, 5.41) is 2.54. The second-order valence-electron chi connectivity index (χ2n) is 5.29. The lowest BCUT2D eigenvalue weighted by Gasteiger charge is -2.07. The molecule has 0 bridgehead atoms. The third-order valence-corrected chi connectivity index (χ3v) is 3.98. The van der Waals surface area contributed by atoms with Crippen LogP contribution >= 0.6 is 0 Å². The molecule has 1 heterocycles. The van der Waals surface area contributed by atoms with Gasteiger partial charge in [0.1, 0.15) is 11.2 Å². The SMILES string of the molecule is COC(=O)c1cccc2cc3c(=O)c4ccccc4oc3cc12. The fourth-order valence-electron chi connectivity index (χ4n) is 2.86. The molecule has 1 aromatic heterocycles. The van der Waals surface area contributed by atoms with Gasteiger partial charge in [-0.25, -0.2) is 4.79 Å². The first-order chi connectivity index (χ1) is 11.2. The normalized spacial score (nSPS) is 11.2. The molecule has 23 heavy (non-hydrogen) atoms. The van der Waals surface area contributed by atoms with Crippen LogP contribution in [0, 0.1) is 0 Å². The number of fused-ring (bicyclic) bond motifs is 3. The van der Waals surface area contributed by atoms with Crippen molar-refractivity contribution in [2.45, 2.75) is 0 Å². The highest BCUT2D eigenvalue weighted by atomic mass is 16.5. The number of para-hydroxylation sites is 1. The third kappa shape index (κ3) is 1.99. The third-order valence-electron chi connectivity index (χ3n) is 3.98. The maximum Gasteiger partial charge on any atom is 0.338 e. The van der Waals surface area contributed by atoms with Crippen LogP contribution in [0.5, 0.6) is 0 Å². The van der Waals surface area contributed by atoms with Crippen molar-refractivity contribution in [1.29, 1.82) is 0 Å². The number of carbonyl (C=O) groups excluding carboxylic acids is 1. The zero-order valence-electron chi connectivity index (χ0n) is 12.3. The van der Waals surface area contributed by atoms with Gasteiger partial charge in [-0.1, -0.05) is 24.3 Å². The molecule has 0 fully saturated rings.